The number of ether oxygens (including phenoxy) is 1. The van der Waals surface area contributed by atoms with Crippen LogP contribution < -0.4 is 10.1 Å². The van der Waals surface area contributed by atoms with Gasteiger partial charge in [-0.25, -0.2) is 0 Å². The summed E-state index contributed by atoms with van der Waals surface area (Å²) in [6, 6.07) is 7.67. The van der Waals surface area contributed by atoms with E-state index in [-0.39, 0.29) is 11.8 Å². The minimum atomic E-state index is 0.0136. The summed E-state index contributed by atoms with van der Waals surface area (Å²) in [5.74, 6) is 1.18. The summed E-state index contributed by atoms with van der Waals surface area (Å²) in [5, 5.41) is 6.89. The molecule has 0 aliphatic carbocycles. The number of piperidine rings is 1. The Labute approximate surface area is 169 Å². The maximum Gasteiger partial charge on any atom is 0.267 e. The Morgan fingerprint density at radius 1 is 1.39 bits per heavy atom. The fraction of sp³-hybridized carbons (Fsp3) is 0.500. The van der Waals surface area contributed by atoms with Crippen molar-refractivity contribution in [3.8, 4) is 5.75 Å². The predicted octanol–water partition coefficient (Wildman–Crippen LogP) is 2.80. The average Bonchev–Trinajstić information content (AvgIpc) is 3.16. The van der Waals surface area contributed by atoms with E-state index in [4.69, 9.17) is 4.74 Å². The molecule has 2 amide bonds. The van der Waals surface area contributed by atoms with Crippen LogP contribution in [0.1, 0.15) is 46.6 Å². The quantitative estimate of drug-likeness (QED) is 0.770. The molecule has 0 bridgehead atoms. The minimum Gasteiger partial charge on any atom is -0.497 e. The molecule has 1 fully saturated rings. The SMILES string of the molecule is COc1cccc(CNC(=O)CC[C@@H]2CCCN(C(=O)c3snnc3C)C2)c1. The summed E-state index contributed by atoms with van der Waals surface area (Å²) in [5.41, 5.74) is 1.70. The first-order valence-corrected chi connectivity index (χ1v) is 10.3. The van der Waals surface area contributed by atoms with E-state index in [1.165, 1.54) is 0 Å². The van der Waals surface area contributed by atoms with Gasteiger partial charge in [-0.2, -0.15) is 0 Å². The van der Waals surface area contributed by atoms with Gasteiger partial charge in [0.15, 0.2) is 0 Å². The van der Waals surface area contributed by atoms with Crippen LogP contribution in [0.2, 0.25) is 0 Å². The molecule has 150 valence electrons. The molecule has 3 rings (SSSR count). The number of aromatic nitrogens is 2. The molecule has 0 radical (unpaired) electrons. The number of benzene rings is 1. The van der Waals surface area contributed by atoms with Crippen molar-refractivity contribution in [2.45, 2.75) is 39.2 Å². The second-order valence-electron chi connectivity index (χ2n) is 7.11. The van der Waals surface area contributed by atoms with Crippen LogP contribution in [-0.2, 0) is 11.3 Å². The maximum absolute atomic E-state index is 12.6. The fourth-order valence-electron chi connectivity index (χ4n) is 3.46. The Bertz CT molecular complexity index is 823. The standard InChI is InChI=1S/C20H26N4O3S/c1-14-19(28-23-22-14)20(26)24-10-4-6-15(13-24)8-9-18(25)21-12-16-5-3-7-17(11-16)27-2/h3,5,7,11,15H,4,6,8-10,12-13H2,1-2H3,(H,21,25)/t15-/m0/s1. The van der Waals surface area contributed by atoms with Crippen molar-refractivity contribution in [3.05, 3.63) is 40.4 Å². The van der Waals surface area contributed by atoms with E-state index in [0.717, 1.165) is 48.7 Å². The van der Waals surface area contributed by atoms with Crippen LogP contribution in [0.3, 0.4) is 0 Å². The Kier molecular flexibility index (Phi) is 6.97. The number of likely N-dealkylation sites (tertiary alicyclic amines) is 1. The van der Waals surface area contributed by atoms with Crippen molar-refractivity contribution >= 4 is 23.3 Å². The van der Waals surface area contributed by atoms with Crippen LogP contribution in [0.25, 0.3) is 0 Å². The number of aryl methyl sites for hydroxylation is 1. The minimum absolute atomic E-state index is 0.0136. The van der Waals surface area contributed by atoms with Crippen LogP contribution in [0.4, 0.5) is 0 Å². The van der Waals surface area contributed by atoms with Crippen LogP contribution in [0.5, 0.6) is 5.75 Å². The van der Waals surface area contributed by atoms with E-state index >= 15 is 0 Å². The Hall–Kier alpha value is -2.48. The van der Waals surface area contributed by atoms with Gasteiger partial charge >= 0.3 is 0 Å². The molecule has 0 spiro atoms. The number of amides is 2. The van der Waals surface area contributed by atoms with E-state index in [9.17, 15) is 9.59 Å². The average molecular weight is 403 g/mol. The molecule has 8 heteroatoms. The lowest BCUT2D eigenvalue weighted by atomic mass is 9.93. The van der Waals surface area contributed by atoms with E-state index in [1.807, 2.05) is 36.1 Å². The number of carbonyl (C=O) groups excluding carboxylic acids is 2. The summed E-state index contributed by atoms with van der Waals surface area (Å²) in [6.45, 7) is 3.75. The molecule has 2 heterocycles. The van der Waals surface area contributed by atoms with Gasteiger partial charge in [0.05, 0.1) is 12.8 Å². The predicted molar refractivity (Wildman–Crippen MR) is 107 cm³/mol. The molecular formula is C20H26N4O3S. The highest BCUT2D eigenvalue weighted by atomic mass is 32.1. The molecule has 28 heavy (non-hydrogen) atoms. The Morgan fingerprint density at radius 3 is 3.00 bits per heavy atom. The van der Waals surface area contributed by atoms with Crippen LogP contribution in [0, 0.1) is 12.8 Å². The lowest BCUT2D eigenvalue weighted by Crippen LogP contribution is -2.40. The zero-order valence-corrected chi connectivity index (χ0v) is 17.1. The summed E-state index contributed by atoms with van der Waals surface area (Å²) in [6.07, 6.45) is 3.27. The molecule has 7 nitrogen and oxygen atoms in total. The van der Waals surface area contributed by atoms with Gasteiger partial charge in [-0.15, -0.1) is 5.10 Å². The number of hydrogen-bond donors (Lipinski definition) is 1. The van der Waals surface area contributed by atoms with Gasteiger partial charge in [0, 0.05) is 26.1 Å². The zero-order valence-electron chi connectivity index (χ0n) is 16.3. The van der Waals surface area contributed by atoms with Crippen molar-refractivity contribution in [3.63, 3.8) is 0 Å². The van der Waals surface area contributed by atoms with E-state index in [0.29, 0.717) is 36.0 Å². The van der Waals surface area contributed by atoms with Gasteiger partial charge in [0.25, 0.3) is 5.91 Å². The fourth-order valence-corrected chi connectivity index (χ4v) is 4.09. The number of methoxy groups -OCH3 is 1. The van der Waals surface area contributed by atoms with Crippen molar-refractivity contribution in [1.29, 1.82) is 0 Å². The lowest BCUT2D eigenvalue weighted by molar-refractivity contribution is -0.121. The highest BCUT2D eigenvalue weighted by molar-refractivity contribution is 7.07. The monoisotopic (exact) mass is 402 g/mol. The number of carbonyl (C=O) groups is 2. The lowest BCUT2D eigenvalue weighted by Gasteiger charge is -2.32. The highest BCUT2D eigenvalue weighted by Crippen LogP contribution is 2.24. The van der Waals surface area contributed by atoms with E-state index in [2.05, 4.69) is 14.9 Å². The molecule has 1 aliphatic rings. The third-order valence-corrected chi connectivity index (χ3v) is 5.87. The molecule has 1 aromatic carbocycles. The number of nitrogens with one attached hydrogen (secondary N) is 1. The first-order valence-electron chi connectivity index (χ1n) is 9.54. The molecule has 1 aliphatic heterocycles. The largest absolute Gasteiger partial charge is 0.497 e. The van der Waals surface area contributed by atoms with Crippen LogP contribution in [0.15, 0.2) is 24.3 Å². The van der Waals surface area contributed by atoms with E-state index < -0.39 is 0 Å². The number of hydrogen-bond acceptors (Lipinski definition) is 6. The third-order valence-electron chi connectivity index (χ3n) is 5.06. The van der Waals surface area contributed by atoms with Gasteiger partial charge in [-0.1, -0.05) is 16.6 Å². The Morgan fingerprint density at radius 2 is 2.25 bits per heavy atom. The van der Waals surface area contributed by atoms with Gasteiger partial charge in [-0.05, 0) is 61.3 Å². The highest BCUT2D eigenvalue weighted by Gasteiger charge is 2.27. The summed E-state index contributed by atoms with van der Waals surface area (Å²) >= 11 is 1.15. The van der Waals surface area contributed by atoms with Gasteiger partial charge in [0.1, 0.15) is 10.6 Å². The van der Waals surface area contributed by atoms with E-state index in [1.54, 1.807) is 7.11 Å². The van der Waals surface area contributed by atoms with Crippen LogP contribution >= 0.6 is 11.5 Å². The van der Waals surface area contributed by atoms with Crippen LogP contribution in [-0.4, -0.2) is 46.5 Å². The van der Waals surface area contributed by atoms with Crippen molar-refractivity contribution in [2.24, 2.45) is 5.92 Å². The number of nitrogens with zero attached hydrogens (tertiary/aromatic N) is 3. The summed E-state index contributed by atoms with van der Waals surface area (Å²) in [4.78, 5) is 27.4. The normalized spacial score (nSPS) is 16.6. The molecule has 1 atom stereocenters. The summed E-state index contributed by atoms with van der Waals surface area (Å²) < 4.78 is 9.06. The Balaban J connectivity index is 1.44. The molecular weight excluding hydrogens is 376 g/mol. The molecule has 0 saturated carbocycles. The first-order chi connectivity index (χ1) is 13.6. The first kappa shape index (κ1) is 20.3. The van der Waals surface area contributed by atoms with Gasteiger partial charge in [-0.3, -0.25) is 9.59 Å². The second-order valence-corrected chi connectivity index (χ2v) is 7.87. The molecule has 1 N–H and O–H groups in total. The third kappa shape index (κ3) is 5.28. The zero-order chi connectivity index (χ0) is 19.9. The molecule has 2 aromatic rings. The summed E-state index contributed by atoms with van der Waals surface area (Å²) in [7, 11) is 1.63. The number of rotatable bonds is 7. The second kappa shape index (κ2) is 9.64. The van der Waals surface area contributed by atoms with Crippen molar-refractivity contribution in [1.82, 2.24) is 19.8 Å². The molecule has 1 saturated heterocycles. The molecule has 1 aromatic heterocycles. The van der Waals surface area contributed by atoms with Crippen molar-refractivity contribution < 1.29 is 14.3 Å². The topological polar surface area (TPSA) is 84.4 Å². The van der Waals surface area contributed by atoms with Gasteiger partial charge in [0.2, 0.25) is 5.91 Å². The molecule has 0 unspecified atom stereocenters. The van der Waals surface area contributed by atoms with Crippen molar-refractivity contribution in [2.75, 3.05) is 20.2 Å². The maximum atomic E-state index is 12.6. The van der Waals surface area contributed by atoms with Gasteiger partial charge < -0.3 is 15.0 Å². The smallest absolute Gasteiger partial charge is 0.267 e.